The fourth-order valence-electron chi connectivity index (χ4n) is 5.53. The molecule has 2 aliphatic rings. The van der Waals surface area contributed by atoms with Crippen LogP contribution in [0.15, 0.2) is 94.9 Å². The summed E-state index contributed by atoms with van der Waals surface area (Å²) >= 11 is 12.2. The number of amides is 2. The third-order valence-corrected chi connectivity index (χ3v) is 10.2. The molecule has 6 rings (SSSR count). The zero-order valence-electron chi connectivity index (χ0n) is 27.1. The van der Waals surface area contributed by atoms with Crippen molar-refractivity contribution in [3.8, 4) is 0 Å². The van der Waals surface area contributed by atoms with Gasteiger partial charge in [-0.15, -0.1) is 0 Å². The Morgan fingerprint density at radius 2 is 1.31 bits per heavy atom. The van der Waals surface area contributed by atoms with Crippen molar-refractivity contribution in [1.82, 2.24) is 0 Å². The van der Waals surface area contributed by atoms with Gasteiger partial charge in [-0.25, -0.2) is 22.2 Å². The van der Waals surface area contributed by atoms with Crippen molar-refractivity contribution in [3.05, 3.63) is 129 Å². The Kier molecular flexibility index (Phi) is 12.0. The maximum atomic E-state index is 14.4. The summed E-state index contributed by atoms with van der Waals surface area (Å²) in [6.45, 7) is 1.04. The highest BCUT2D eigenvalue weighted by Crippen LogP contribution is 2.32. The van der Waals surface area contributed by atoms with Crippen LogP contribution in [0.25, 0.3) is 0 Å². The molecule has 10 nitrogen and oxygen atoms in total. The molecule has 1 unspecified atom stereocenters. The van der Waals surface area contributed by atoms with Crippen LogP contribution in [0.3, 0.4) is 0 Å². The Hall–Kier alpha value is -4.53. The molecule has 2 N–H and O–H groups in total. The first-order valence-electron chi connectivity index (χ1n) is 15.7. The van der Waals surface area contributed by atoms with Gasteiger partial charge in [0.05, 0.1) is 35.2 Å². The number of nitrogens with zero attached hydrogens (tertiary/aromatic N) is 4. The summed E-state index contributed by atoms with van der Waals surface area (Å²) in [5.74, 6) is -2.20. The van der Waals surface area contributed by atoms with Crippen LogP contribution in [0.4, 0.5) is 20.2 Å². The summed E-state index contributed by atoms with van der Waals surface area (Å²) in [6.07, 6.45) is -1.70. The fraction of sp³-hybridized carbons (Fsp3) is 0.222. The monoisotopic (exact) mass is 756 g/mol. The highest BCUT2D eigenvalue weighted by molar-refractivity contribution is 7.91. The van der Waals surface area contributed by atoms with Gasteiger partial charge in [-0.3, -0.25) is 14.6 Å². The molecule has 15 heteroatoms. The van der Waals surface area contributed by atoms with E-state index < -0.39 is 33.6 Å². The Labute approximate surface area is 303 Å². The summed E-state index contributed by atoms with van der Waals surface area (Å²) < 4.78 is 52.4. The number of hydrogen-bond acceptors (Lipinski definition) is 8. The zero-order valence-corrected chi connectivity index (χ0v) is 29.5. The predicted molar refractivity (Wildman–Crippen MR) is 194 cm³/mol. The van der Waals surface area contributed by atoms with E-state index in [0.29, 0.717) is 38.3 Å². The first kappa shape index (κ1) is 37.7. The number of fused-ring (bicyclic) bond motifs is 2. The number of benzene rings is 4. The van der Waals surface area contributed by atoms with Crippen molar-refractivity contribution < 1.29 is 37.0 Å². The molecule has 1 atom stereocenters. The number of aliphatic hydroxyl groups is 2. The molecule has 0 radical (unpaired) electrons. The van der Waals surface area contributed by atoms with Gasteiger partial charge in [0.2, 0.25) is 12.1 Å². The highest BCUT2D eigenvalue weighted by Gasteiger charge is 2.32. The molecular formula is C36H32Cl2F2N4O6S. The van der Waals surface area contributed by atoms with Crippen LogP contribution in [-0.2, 0) is 19.4 Å². The van der Waals surface area contributed by atoms with Crippen LogP contribution in [0.2, 0.25) is 10.0 Å². The van der Waals surface area contributed by atoms with Crippen LogP contribution in [0.5, 0.6) is 0 Å². The minimum Gasteiger partial charge on any atom is -0.395 e. The lowest BCUT2D eigenvalue weighted by molar-refractivity contribution is -0.126. The standard InChI is InChI=1S/C19H18ClFN2O3S.C17H14ClFN2O3/c1-2-27(25,26)10-9-23-17-8-7-13(20)11-15(17)19(22-12-18(23)24)14-5-3-4-6-16(14)21;18-10-5-6-14-12(9-10)15(11-3-1-2-4-13(11)19)20-16(23)17(24)21(14)7-8-22/h3-8,11H,2,9-10,12H2,1H3;1-6,9,16,22-23H,7-8H2. The van der Waals surface area contributed by atoms with Gasteiger partial charge in [-0.1, -0.05) is 54.4 Å². The lowest BCUT2D eigenvalue weighted by atomic mass is 9.99. The molecule has 4 aromatic carbocycles. The second-order valence-electron chi connectivity index (χ2n) is 11.3. The summed E-state index contributed by atoms with van der Waals surface area (Å²) in [6, 6.07) is 21.7. The SMILES string of the molecule is CCS(=O)(=O)CCN1C(=O)CN=C(c2ccccc2F)c2cc(Cl)ccc21.O=C1C(O)N=C(c2ccccc2F)c2cc(Cl)ccc2N1CCO. The van der Waals surface area contributed by atoms with Crippen molar-refractivity contribution in [3.63, 3.8) is 0 Å². The number of anilines is 2. The second kappa shape index (κ2) is 16.2. The summed E-state index contributed by atoms with van der Waals surface area (Å²) in [5.41, 5.74) is 2.63. The molecule has 0 bridgehead atoms. The van der Waals surface area contributed by atoms with E-state index in [1.165, 1.54) is 34.1 Å². The van der Waals surface area contributed by atoms with Gasteiger partial charge in [0, 0.05) is 51.1 Å². The van der Waals surface area contributed by atoms with E-state index in [-0.39, 0.29) is 60.5 Å². The average molecular weight is 758 g/mol. The maximum absolute atomic E-state index is 14.4. The number of halogens is 4. The number of aliphatic hydroxyl groups excluding tert-OH is 2. The molecule has 4 aromatic rings. The van der Waals surface area contributed by atoms with Gasteiger partial charge in [-0.2, -0.15) is 0 Å². The molecule has 2 heterocycles. The zero-order chi connectivity index (χ0) is 36.9. The van der Waals surface area contributed by atoms with Crippen LogP contribution < -0.4 is 9.80 Å². The van der Waals surface area contributed by atoms with E-state index in [2.05, 4.69) is 9.98 Å². The van der Waals surface area contributed by atoms with Gasteiger partial charge in [0.15, 0.2) is 9.84 Å². The molecule has 0 saturated carbocycles. The Balaban J connectivity index is 0.000000199. The van der Waals surface area contributed by atoms with Crippen molar-refractivity contribution in [1.29, 1.82) is 0 Å². The summed E-state index contributed by atoms with van der Waals surface area (Å²) in [5, 5.41) is 20.1. The van der Waals surface area contributed by atoms with E-state index in [9.17, 15) is 37.0 Å². The van der Waals surface area contributed by atoms with E-state index in [1.54, 1.807) is 67.6 Å². The molecule has 2 amide bonds. The van der Waals surface area contributed by atoms with Crippen molar-refractivity contribution in [2.45, 2.75) is 13.2 Å². The largest absolute Gasteiger partial charge is 0.395 e. The van der Waals surface area contributed by atoms with Gasteiger partial charge in [0.25, 0.3) is 5.91 Å². The molecule has 51 heavy (non-hydrogen) atoms. The van der Waals surface area contributed by atoms with Crippen LogP contribution in [0.1, 0.15) is 29.2 Å². The van der Waals surface area contributed by atoms with Gasteiger partial charge in [0.1, 0.15) is 18.2 Å². The minimum absolute atomic E-state index is 0.000514. The van der Waals surface area contributed by atoms with Crippen LogP contribution >= 0.6 is 23.2 Å². The van der Waals surface area contributed by atoms with E-state index >= 15 is 0 Å². The minimum atomic E-state index is -3.25. The summed E-state index contributed by atoms with van der Waals surface area (Å²) in [4.78, 5) is 35.9. The number of carbonyl (C=O) groups is 2. The quantitative estimate of drug-likeness (QED) is 0.258. The lowest BCUT2D eigenvalue weighted by Crippen LogP contribution is -2.39. The fourth-order valence-corrected chi connectivity index (χ4v) is 6.62. The predicted octanol–water partition coefficient (Wildman–Crippen LogP) is 5.07. The van der Waals surface area contributed by atoms with E-state index in [4.69, 9.17) is 23.2 Å². The molecule has 266 valence electrons. The Morgan fingerprint density at radius 3 is 1.86 bits per heavy atom. The number of aliphatic imine (C=N–C) groups is 2. The lowest BCUT2D eigenvalue weighted by Gasteiger charge is -2.23. The van der Waals surface area contributed by atoms with Crippen LogP contribution in [0, 0.1) is 11.6 Å². The average Bonchev–Trinajstić information content (AvgIpc) is 3.30. The topological polar surface area (TPSA) is 140 Å². The molecule has 0 fully saturated rings. The van der Waals surface area contributed by atoms with E-state index in [0.717, 1.165) is 0 Å². The van der Waals surface area contributed by atoms with Crippen LogP contribution in [-0.4, -0.2) is 85.8 Å². The number of benzodiazepines with no additional fused rings is 2. The van der Waals surface area contributed by atoms with Crippen molar-refractivity contribution in [2.75, 3.05) is 47.5 Å². The third kappa shape index (κ3) is 8.51. The Morgan fingerprint density at radius 1 is 0.784 bits per heavy atom. The highest BCUT2D eigenvalue weighted by atomic mass is 35.5. The van der Waals surface area contributed by atoms with Gasteiger partial charge >= 0.3 is 0 Å². The normalized spacial score (nSPS) is 15.9. The Bertz CT molecular complexity index is 2150. The number of hydrogen-bond donors (Lipinski definition) is 2. The maximum Gasteiger partial charge on any atom is 0.278 e. The number of β-amino-alcohol motifs (C(OH)–C–C–N with tert-alkyl or cyclic N) is 1. The molecule has 0 spiro atoms. The van der Waals surface area contributed by atoms with Gasteiger partial charge in [-0.05, 0) is 60.7 Å². The first-order valence-corrected chi connectivity index (χ1v) is 18.3. The molecular weight excluding hydrogens is 725 g/mol. The number of rotatable bonds is 8. The van der Waals surface area contributed by atoms with Crippen molar-refractivity contribution >= 4 is 67.7 Å². The van der Waals surface area contributed by atoms with Crippen molar-refractivity contribution in [2.24, 2.45) is 9.98 Å². The molecule has 0 aliphatic carbocycles. The summed E-state index contributed by atoms with van der Waals surface area (Å²) in [7, 11) is -3.25. The van der Waals surface area contributed by atoms with E-state index in [1.807, 2.05) is 0 Å². The number of carbonyl (C=O) groups excluding carboxylic acids is 2. The third-order valence-electron chi connectivity index (χ3n) is 8.07. The first-order chi connectivity index (χ1) is 24.3. The second-order valence-corrected chi connectivity index (χ2v) is 14.6. The molecule has 0 aromatic heterocycles. The molecule has 2 aliphatic heterocycles. The smallest absolute Gasteiger partial charge is 0.278 e. The number of sulfone groups is 1. The van der Waals surface area contributed by atoms with Gasteiger partial charge < -0.3 is 20.0 Å². The molecule has 0 saturated heterocycles.